The molecule has 1 amide bonds. The minimum atomic E-state index is -0.822. The maximum atomic E-state index is 12.5. The second-order valence-corrected chi connectivity index (χ2v) is 7.72. The van der Waals surface area contributed by atoms with E-state index in [2.05, 4.69) is 10.3 Å². The molecule has 1 saturated carbocycles. The van der Waals surface area contributed by atoms with Crippen molar-refractivity contribution in [3.63, 3.8) is 0 Å². The summed E-state index contributed by atoms with van der Waals surface area (Å²) in [7, 11) is 0. The smallest absolute Gasteiger partial charge is 0.311 e. The summed E-state index contributed by atoms with van der Waals surface area (Å²) in [6.07, 6.45) is 4.13. The van der Waals surface area contributed by atoms with E-state index in [-0.39, 0.29) is 12.5 Å². The molecule has 3 rings (SSSR count). The zero-order valence-electron chi connectivity index (χ0n) is 14.2. The van der Waals surface area contributed by atoms with Crippen LogP contribution >= 0.6 is 11.3 Å². The number of hydrogen-bond acceptors (Lipinski definition) is 4. The Morgan fingerprint density at radius 2 is 2.04 bits per heavy atom. The molecule has 0 radical (unpaired) electrons. The van der Waals surface area contributed by atoms with E-state index in [0.717, 1.165) is 35.5 Å². The summed E-state index contributed by atoms with van der Waals surface area (Å²) >= 11 is 1.57. The third-order valence-electron chi connectivity index (χ3n) is 4.89. The van der Waals surface area contributed by atoms with E-state index in [9.17, 15) is 14.7 Å². The lowest BCUT2D eigenvalue weighted by molar-refractivity contribution is -0.150. The summed E-state index contributed by atoms with van der Waals surface area (Å²) in [6.45, 7) is 2.13. The van der Waals surface area contributed by atoms with Crippen LogP contribution in [0.25, 0.3) is 11.3 Å². The zero-order valence-corrected chi connectivity index (χ0v) is 15.1. The van der Waals surface area contributed by atoms with Crippen molar-refractivity contribution in [3.8, 4) is 11.3 Å². The Bertz CT molecular complexity index is 778. The summed E-state index contributed by atoms with van der Waals surface area (Å²) in [5.74, 6) is -1.04. The summed E-state index contributed by atoms with van der Waals surface area (Å²) in [4.78, 5) is 28.7. The summed E-state index contributed by atoms with van der Waals surface area (Å²) in [6, 6.07) is 7.29. The molecule has 1 aliphatic rings. The van der Waals surface area contributed by atoms with E-state index in [0.29, 0.717) is 18.4 Å². The van der Waals surface area contributed by atoms with E-state index in [4.69, 9.17) is 0 Å². The number of benzene rings is 1. The molecule has 1 heterocycles. The Morgan fingerprint density at radius 3 is 2.68 bits per heavy atom. The molecular formula is C19H22N2O3S. The highest BCUT2D eigenvalue weighted by molar-refractivity contribution is 7.09. The highest BCUT2D eigenvalue weighted by Gasteiger charge is 2.39. The fraction of sp³-hybridized carbons (Fsp3) is 0.421. The van der Waals surface area contributed by atoms with Crippen molar-refractivity contribution in [2.24, 2.45) is 5.41 Å². The first-order chi connectivity index (χ1) is 12.0. The second kappa shape index (κ2) is 7.35. The van der Waals surface area contributed by atoms with Crippen LogP contribution in [0.5, 0.6) is 0 Å². The number of aryl methyl sites for hydroxylation is 1. The molecule has 6 heteroatoms. The van der Waals surface area contributed by atoms with Crippen LogP contribution in [0, 0.1) is 12.3 Å². The Labute approximate surface area is 151 Å². The lowest BCUT2D eigenvalue weighted by atomic mass is 9.74. The van der Waals surface area contributed by atoms with E-state index >= 15 is 0 Å². The molecule has 0 unspecified atom stereocenters. The molecule has 1 aliphatic carbocycles. The van der Waals surface area contributed by atoms with Crippen LogP contribution in [0.1, 0.15) is 47.5 Å². The fourth-order valence-corrected chi connectivity index (χ4v) is 3.98. The first-order valence-electron chi connectivity index (χ1n) is 8.54. The Balaban J connectivity index is 1.72. The van der Waals surface area contributed by atoms with Crippen LogP contribution in [0.2, 0.25) is 0 Å². The molecule has 0 spiro atoms. The SMILES string of the molecule is Cc1nc(-c2cccc(C(=O)NCC3(C(=O)O)CCCCC3)c2)cs1. The summed E-state index contributed by atoms with van der Waals surface area (Å²) in [5, 5.41) is 15.4. The fourth-order valence-electron chi connectivity index (χ4n) is 3.36. The van der Waals surface area contributed by atoms with Gasteiger partial charge in [0.25, 0.3) is 5.91 Å². The summed E-state index contributed by atoms with van der Waals surface area (Å²) in [5.41, 5.74) is 1.45. The molecule has 2 aromatic rings. The van der Waals surface area contributed by atoms with Crippen molar-refractivity contribution in [2.75, 3.05) is 6.54 Å². The maximum absolute atomic E-state index is 12.5. The molecule has 0 bridgehead atoms. The Morgan fingerprint density at radius 1 is 1.28 bits per heavy atom. The van der Waals surface area contributed by atoms with Gasteiger partial charge in [-0.3, -0.25) is 9.59 Å². The number of aromatic nitrogens is 1. The predicted octanol–water partition coefficient (Wildman–Crippen LogP) is 3.88. The van der Waals surface area contributed by atoms with Gasteiger partial charge in [0.15, 0.2) is 0 Å². The standard InChI is InChI=1S/C19H22N2O3S/c1-13-21-16(11-25-13)14-6-5-7-15(10-14)17(22)20-12-19(18(23)24)8-3-2-4-9-19/h5-7,10-11H,2-4,8-9,12H2,1H3,(H,20,22)(H,23,24). The molecule has 25 heavy (non-hydrogen) atoms. The van der Waals surface area contributed by atoms with Gasteiger partial charge in [-0.2, -0.15) is 0 Å². The number of nitrogens with zero attached hydrogens (tertiary/aromatic N) is 1. The first-order valence-corrected chi connectivity index (χ1v) is 9.42. The number of carbonyl (C=O) groups is 2. The van der Waals surface area contributed by atoms with E-state index in [1.54, 1.807) is 23.5 Å². The van der Waals surface area contributed by atoms with Gasteiger partial charge in [-0.1, -0.05) is 31.4 Å². The molecular weight excluding hydrogens is 336 g/mol. The van der Waals surface area contributed by atoms with Crippen LogP contribution in [-0.2, 0) is 4.79 Å². The number of aliphatic carboxylic acids is 1. The average molecular weight is 358 g/mol. The first kappa shape index (κ1) is 17.6. The van der Waals surface area contributed by atoms with Crippen LogP contribution in [0.3, 0.4) is 0 Å². The van der Waals surface area contributed by atoms with Crippen LogP contribution in [0.15, 0.2) is 29.6 Å². The molecule has 132 valence electrons. The molecule has 2 N–H and O–H groups in total. The lowest BCUT2D eigenvalue weighted by Crippen LogP contribution is -2.44. The van der Waals surface area contributed by atoms with Gasteiger partial charge in [0.05, 0.1) is 16.1 Å². The topological polar surface area (TPSA) is 79.3 Å². The number of carboxylic acids is 1. The molecule has 5 nitrogen and oxygen atoms in total. The van der Waals surface area contributed by atoms with Crippen molar-refractivity contribution in [1.82, 2.24) is 10.3 Å². The molecule has 0 atom stereocenters. The molecule has 0 saturated heterocycles. The van der Waals surface area contributed by atoms with Gasteiger partial charge < -0.3 is 10.4 Å². The van der Waals surface area contributed by atoms with Crippen molar-refractivity contribution < 1.29 is 14.7 Å². The van der Waals surface area contributed by atoms with Crippen molar-refractivity contribution in [1.29, 1.82) is 0 Å². The quantitative estimate of drug-likeness (QED) is 0.850. The van der Waals surface area contributed by atoms with E-state index in [1.807, 2.05) is 24.4 Å². The normalized spacial score (nSPS) is 16.4. The highest BCUT2D eigenvalue weighted by atomic mass is 32.1. The van der Waals surface area contributed by atoms with Crippen molar-refractivity contribution >= 4 is 23.2 Å². The molecule has 1 aromatic heterocycles. The molecule has 1 aromatic carbocycles. The predicted molar refractivity (Wildman–Crippen MR) is 97.8 cm³/mol. The monoisotopic (exact) mass is 358 g/mol. The van der Waals surface area contributed by atoms with Crippen LogP contribution in [-0.4, -0.2) is 28.5 Å². The highest BCUT2D eigenvalue weighted by Crippen LogP contribution is 2.36. The third-order valence-corrected chi connectivity index (χ3v) is 5.66. The van der Waals surface area contributed by atoms with Gasteiger partial charge in [-0.15, -0.1) is 11.3 Å². The van der Waals surface area contributed by atoms with Gasteiger partial charge in [0, 0.05) is 23.1 Å². The lowest BCUT2D eigenvalue weighted by Gasteiger charge is -2.33. The number of thiazole rings is 1. The average Bonchev–Trinajstić information content (AvgIpc) is 3.07. The minimum absolute atomic E-state index is 0.182. The van der Waals surface area contributed by atoms with Gasteiger partial charge in [-0.25, -0.2) is 4.98 Å². The number of carbonyl (C=O) groups excluding carboxylic acids is 1. The van der Waals surface area contributed by atoms with Gasteiger partial charge in [0.2, 0.25) is 0 Å². The Kier molecular flexibility index (Phi) is 5.18. The van der Waals surface area contributed by atoms with Crippen molar-refractivity contribution in [3.05, 3.63) is 40.2 Å². The van der Waals surface area contributed by atoms with Crippen LogP contribution in [0.4, 0.5) is 0 Å². The minimum Gasteiger partial charge on any atom is -0.481 e. The Hall–Kier alpha value is -2.21. The summed E-state index contributed by atoms with van der Waals surface area (Å²) < 4.78 is 0. The van der Waals surface area contributed by atoms with Gasteiger partial charge >= 0.3 is 5.97 Å². The molecule has 1 fully saturated rings. The maximum Gasteiger partial charge on any atom is 0.311 e. The molecule has 0 aliphatic heterocycles. The third kappa shape index (κ3) is 3.90. The zero-order chi connectivity index (χ0) is 17.9. The number of carboxylic acid groups (broad SMARTS) is 1. The number of hydrogen-bond donors (Lipinski definition) is 2. The largest absolute Gasteiger partial charge is 0.481 e. The number of amides is 1. The van der Waals surface area contributed by atoms with Crippen molar-refractivity contribution in [2.45, 2.75) is 39.0 Å². The van der Waals surface area contributed by atoms with E-state index in [1.165, 1.54) is 0 Å². The number of rotatable bonds is 5. The van der Waals surface area contributed by atoms with Crippen LogP contribution < -0.4 is 5.32 Å². The van der Waals surface area contributed by atoms with Gasteiger partial charge in [-0.05, 0) is 31.9 Å². The van der Waals surface area contributed by atoms with Gasteiger partial charge in [0.1, 0.15) is 0 Å². The van der Waals surface area contributed by atoms with E-state index < -0.39 is 11.4 Å². The number of nitrogens with one attached hydrogen (secondary N) is 1. The second-order valence-electron chi connectivity index (χ2n) is 6.66.